The van der Waals surface area contributed by atoms with Gasteiger partial charge in [-0.2, -0.15) is 10.4 Å². The zero-order valence-corrected chi connectivity index (χ0v) is 20.7. The molecule has 1 N–H and O–H groups in total. The summed E-state index contributed by atoms with van der Waals surface area (Å²) in [6.07, 6.45) is 2.33. The van der Waals surface area contributed by atoms with Crippen LogP contribution in [0.15, 0.2) is 32.6 Å². The van der Waals surface area contributed by atoms with Crippen LogP contribution in [-0.2, 0) is 22.7 Å². The van der Waals surface area contributed by atoms with Crippen LogP contribution in [-0.4, -0.2) is 37.0 Å². The number of aryl methyl sites for hydroxylation is 1. The Bertz CT molecular complexity index is 1120. The predicted molar refractivity (Wildman–Crippen MR) is 128 cm³/mol. The van der Waals surface area contributed by atoms with Gasteiger partial charge < -0.3 is 18.8 Å². The molecule has 1 aromatic carbocycles. The Kier molecular flexibility index (Phi) is 10.1. The highest BCUT2D eigenvalue weighted by atomic mass is 79.9. The maximum atomic E-state index is 12.6. The van der Waals surface area contributed by atoms with Crippen molar-refractivity contribution < 1.29 is 19.0 Å². The number of nitriles is 1. The van der Waals surface area contributed by atoms with Gasteiger partial charge in [-0.1, -0.05) is 6.92 Å². The molecule has 0 aliphatic carbocycles. The maximum Gasteiger partial charge on any atom is 0.269 e. The van der Waals surface area contributed by atoms with E-state index >= 15 is 0 Å². The van der Waals surface area contributed by atoms with E-state index in [-0.39, 0.29) is 18.7 Å². The average molecular weight is 519 g/mol. The van der Waals surface area contributed by atoms with Gasteiger partial charge in [0.15, 0.2) is 11.5 Å². The third kappa shape index (κ3) is 6.91. The first kappa shape index (κ1) is 26.1. The van der Waals surface area contributed by atoms with Crippen molar-refractivity contribution in [2.45, 2.75) is 40.3 Å². The van der Waals surface area contributed by atoms with Crippen LogP contribution in [0, 0.1) is 18.3 Å². The summed E-state index contributed by atoms with van der Waals surface area (Å²) in [6, 6.07) is 7.11. The molecule has 0 fully saturated rings. The number of hydrazone groups is 1. The molecular weight excluding hydrogens is 492 g/mol. The van der Waals surface area contributed by atoms with Crippen LogP contribution >= 0.6 is 15.9 Å². The van der Waals surface area contributed by atoms with Crippen molar-refractivity contribution in [2.75, 3.05) is 20.3 Å². The zero-order valence-electron chi connectivity index (χ0n) is 19.1. The van der Waals surface area contributed by atoms with Gasteiger partial charge in [-0.25, -0.2) is 5.43 Å². The Balaban J connectivity index is 2.16. The number of nitrogens with zero attached hydrogens (tertiary/aromatic N) is 3. The second kappa shape index (κ2) is 12.8. The summed E-state index contributed by atoms with van der Waals surface area (Å²) in [4.78, 5) is 25.0. The number of ether oxygens (including phenoxy) is 3. The molecule has 2 aromatic rings. The molecule has 0 unspecified atom stereocenters. The Labute approximate surface area is 201 Å². The molecule has 9 nitrogen and oxygen atoms in total. The van der Waals surface area contributed by atoms with Gasteiger partial charge in [-0.15, -0.1) is 0 Å². The van der Waals surface area contributed by atoms with Gasteiger partial charge in [0.25, 0.3) is 11.5 Å². The number of hydrogen-bond acceptors (Lipinski definition) is 7. The van der Waals surface area contributed by atoms with Gasteiger partial charge in [0, 0.05) is 18.4 Å². The molecule has 0 spiro atoms. The summed E-state index contributed by atoms with van der Waals surface area (Å²) in [6.45, 7) is 6.46. The van der Waals surface area contributed by atoms with Crippen molar-refractivity contribution in [3.05, 3.63) is 55.4 Å². The van der Waals surface area contributed by atoms with E-state index < -0.39 is 11.5 Å². The SMILES string of the molecule is CCCOc1c(Br)cc(/C=N\NC(=O)Cn2c(C)cc(COC)c(C#N)c2=O)cc1OCC. The molecule has 0 aliphatic rings. The minimum Gasteiger partial charge on any atom is -0.490 e. The van der Waals surface area contributed by atoms with Crippen LogP contribution in [0.3, 0.4) is 0 Å². The van der Waals surface area contributed by atoms with Crippen molar-refractivity contribution in [2.24, 2.45) is 5.10 Å². The van der Waals surface area contributed by atoms with E-state index in [4.69, 9.17) is 14.2 Å². The molecule has 1 aromatic heterocycles. The molecule has 10 heteroatoms. The number of amides is 1. The number of halogens is 1. The standard InChI is InChI=1S/C23H27BrN4O5/c1-5-7-33-22-19(24)9-16(10-20(22)32-6-2)12-26-27-21(29)13-28-15(3)8-17(14-31-4)18(11-25)23(28)30/h8-10,12H,5-7,13-14H2,1-4H3,(H,27,29)/b26-12-. The van der Waals surface area contributed by atoms with Crippen LogP contribution in [0.2, 0.25) is 0 Å². The van der Waals surface area contributed by atoms with Crippen molar-refractivity contribution >= 4 is 28.1 Å². The number of benzene rings is 1. The molecule has 0 radical (unpaired) electrons. The Morgan fingerprint density at radius 3 is 2.70 bits per heavy atom. The maximum absolute atomic E-state index is 12.6. The monoisotopic (exact) mass is 518 g/mol. The molecule has 0 saturated heterocycles. The largest absolute Gasteiger partial charge is 0.490 e. The van der Waals surface area contributed by atoms with Gasteiger partial charge in [0.1, 0.15) is 18.2 Å². The lowest BCUT2D eigenvalue weighted by atomic mass is 10.1. The number of methoxy groups -OCH3 is 1. The molecule has 0 aliphatic heterocycles. The van der Waals surface area contributed by atoms with Gasteiger partial charge in [0.05, 0.1) is 30.5 Å². The quantitative estimate of drug-likeness (QED) is 0.360. The molecule has 0 bridgehead atoms. The highest BCUT2D eigenvalue weighted by Crippen LogP contribution is 2.36. The Morgan fingerprint density at radius 1 is 1.30 bits per heavy atom. The highest BCUT2D eigenvalue weighted by molar-refractivity contribution is 9.10. The number of carbonyl (C=O) groups is 1. The van der Waals surface area contributed by atoms with Gasteiger partial charge in [0.2, 0.25) is 0 Å². The second-order valence-corrected chi connectivity index (χ2v) is 7.88. The lowest BCUT2D eigenvalue weighted by Gasteiger charge is -2.14. The van der Waals surface area contributed by atoms with E-state index in [1.807, 2.05) is 19.9 Å². The Hall–Kier alpha value is -3.16. The van der Waals surface area contributed by atoms with Crippen LogP contribution in [0.1, 0.15) is 42.7 Å². The Morgan fingerprint density at radius 2 is 2.06 bits per heavy atom. The second-order valence-electron chi connectivity index (χ2n) is 7.03. The first-order valence-corrected chi connectivity index (χ1v) is 11.2. The summed E-state index contributed by atoms with van der Waals surface area (Å²) < 4.78 is 18.4. The molecule has 0 saturated carbocycles. The van der Waals surface area contributed by atoms with E-state index in [1.165, 1.54) is 17.9 Å². The summed E-state index contributed by atoms with van der Waals surface area (Å²) in [5.74, 6) is 0.669. The summed E-state index contributed by atoms with van der Waals surface area (Å²) >= 11 is 3.48. The molecule has 2 rings (SSSR count). The summed E-state index contributed by atoms with van der Waals surface area (Å²) in [5, 5.41) is 13.3. The van der Waals surface area contributed by atoms with Crippen molar-refractivity contribution in [3.63, 3.8) is 0 Å². The highest BCUT2D eigenvalue weighted by Gasteiger charge is 2.15. The average Bonchev–Trinajstić information content (AvgIpc) is 2.77. The number of aromatic nitrogens is 1. The van der Waals surface area contributed by atoms with Crippen molar-refractivity contribution in [1.82, 2.24) is 9.99 Å². The third-order valence-electron chi connectivity index (χ3n) is 4.49. The van der Waals surface area contributed by atoms with Crippen molar-refractivity contribution in [3.8, 4) is 17.6 Å². The van der Waals surface area contributed by atoms with Gasteiger partial charge in [-0.05, 0) is 60.0 Å². The number of hydrogen-bond donors (Lipinski definition) is 1. The topological polar surface area (TPSA) is 115 Å². The first-order chi connectivity index (χ1) is 15.9. The number of nitrogens with one attached hydrogen (secondary N) is 1. The van der Waals surface area contributed by atoms with Crippen LogP contribution in [0.25, 0.3) is 0 Å². The minimum atomic E-state index is -0.545. The van der Waals surface area contributed by atoms with E-state index in [1.54, 1.807) is 25.1 Å². The number of carbonyl (C=O) groups excluding carboxylic acids is 1. The van der Waals surface area contributed by atoms with E-state index in [0.717, 1.165) is 6.42 Å². The van der Waals surface area contributed by atoms with E-state index in [9.17, 15) is 14.9 Å². The lowest BCUT2D eigenvalue weighted by molar-refractivity contribution is -0.121. The fourth-order valence-electron chi connectivity index (χ4n) is 3.05. The lowest BCUT2D eigenvalue weighted by Crippen LogP contribution is -2.33. The molecule has 1 amide bonds. The third-order valence-corrected chi connectivity index (χ3v) is 5.08. The molecular formula is C23H27BrN4O5. The fourth-order valence-corrected chi connectivity index (χ4v) is 3.62. The smallest absolute Gasteiger partial charge is 0.269 e. The minimum absolute atomic E-state index is 0.0440. The predicted octanol–water partition coefficient (Wildman–Crippen LogP) is 3.28. The first-order valence-electron chi connectivity index (χ1n) is 10.4. The van der Waals surface area contributed by atoms with Crippen molar-refractivity contribution in [1.29, 1.82) is 5.26 Å². The van der Waals surface area contributed by atoms with Crippen LogP contribution in [0.5, 0.6) is 11.5 Å². The van der Waals surface area contributed by atoms with Crippen LogP contribution in [0.4, 0.5) is 0 Å². The summed E-state index contributed by atoms with van der Waals surface area (Å²) in [7, 11) is 1.48. The number of pyridine rings is 1. The van der Waals surface area contributed by atoms with E-state index in [0.29, 0.717) is 46.0 Å². The van der Waals surface area contributed by atoms with Gasteiger partial charge >= 0.3 is 0 Å². The molecule has 33 heavy (non-hydrogen) atoms. The van der Waals surface area contributed by atoms with E-state index in [2.05, 4.69) is 26.5 Å². The normalized spacial score (nSPS) is 10.8. The summed E-state index contributed by atoms with van der Waals surface area (Å²) in [5.41, 5.74) is 3.52. The van der Waals surface area contributed by atoms with Crippen LogP contribution < -0.4 is 20.5 Å². The molecule has 176 valence electrons. The molecule has 1 heterocycles. The zero-order chi connectivity index (χ0) is 24.4. The molecule has 0 atom stereocenters. The number of rotatable bonds is 11. The van der Waals surface area contributed by atoms with Gasteiger partial charge in [-0.3, -0.25) is 9.59 Å². The fraction of sp³-hybridized carbons (Fsp3) is 0.391.